The molecule has 0 aromatic heterocycles. The molecule has 7 heteroatoms. The smallest absolute Gasteiger partial charge is 0.338 e. The Kier molecular flexibility index (Phi) is 7.41. The highest BCUT2D eigenvalue weighted by Gasteiger charge is 2.34. The fourth-order valence-corrected chi connectivity index (χ4v) is 3.75. The van der Waals surface area contributed by atoms with Crippen LogP contribution in [0.2, 0.25) is 0 Å². The summed E-state index contributed by atoms with van der Waals surface area (Å²) in [5, 5.41) is 6.77. The fraction of sp³-hybridized carbons (Fsp3) is 0.500. The highest BCUT2D eigenvalue weighted by Crippen LogP contribution is 2.32. The first-order chi connectivity index (χ1) is 13.6. The molecule has 0 saturated carbocycles. The Balaban J connectivity index is 2.38. The van der Waals surface area contributed by atoms with Crippen LogP contribution in [0, 0.1) is 5.41 Å². The van der Waals surface area contributed by atoms with Crippen molar-refractivity contribution in [1.29, 1.82) is 0 Å². The van der Waals surface area contributed by atoms with Crippen molar-refractivity contribution in [1.82, 2.24) is 10.2 Å². The first kappa shape index (κ1) is 22.9. The van der Waals surface area contributed by atoms with Gasteiger partial charge in [0.2, 0.25) is 5.91 Å². The van der Waals surface area contributed by atoms with Crippen molar-refractivity contribution in [3.63, 3.8) is 0 Å². The third kappa shape index (κ3) is 5.79. The van der Waals surface area contributed by atoms with Crippen molar-refractivity contribution in [2.75, 3.05) is 18.5 Å². The predicted octanol–water partition coefficient (Wildman–Crippen LogP) is 4.15. The SMILES string of the molecule is CCOC(=O)C1=C(C)N(CC)C(=S)N[C@@H]1c1cccc(NC(=O)CC(C)(C)C)c1. The van der Waals surface area contributed by atoms with Crippen molar-refractivity contribution in [2.24, 2.45) is 5.41 Å². The number of anilines is 1. The number of carbonyl (C=O) groups excluding carboxylic acids is 2. The van der Waals surface area contributed by atoms with E-state index < -0.39 is 6.04 Å². The van der Waals surface area contributed by atoms with Gasteiger partial charge in [0, 0.05) is 24.4 Å². The molecule has 2 rings (SSSR count). The van der Waals surface area contributed by atoms with Gasteiger partial charge in [-0.05, 0) is 56.1 Å². The first-order valence-electron chi connectivity index (χ1n) is 9.93. The molecule has 6 nitrogen and oxygen atoms in total. The molecule has 1 aliphatic heterocycles. The van der Waals surface area contributed by atoms with E-state index in [1.807, 2.05) is 63.8 Å². The van der Waals surface area contributed by atoms with Crippen molar-refractivity contribution in [2.45, 2.75) is 54.0 Å². The summed E-state index contributed by atoms with van der Waals surface area (Å²) < 4.78 is 5.30. The lowest BCUT2D eigenvalue weighted by Gasteiger charge is -2.37. The van der Waals surface area contributed by atoms with Crippen molar-refractivity contribution in [3.8, 4) is 0 Å². The molecule has 1 atom stereocenters. The second-order valence-electron chi connectivity index (χ2n) is 8.26. The Bertz CT molecular complexity index is 827. The van der Waals surface area contributed by atoms with Gasteiger partial charge < -0.3 is 20.3 Å². The molecule has 2 N–H and O–H groups in total. The number of nitrogens with zero attached hydrogens (tertiary/aromatic N) is 1. The summed E-state index contributed by atoms with van der Waals surface area (Å²) in [6.07, 6.45) is 0.418. The average molecular weight is 418 g/mol. The topological polar surface area (TPSA) is 70.7 Å². The molecule has 1 aliphatic rings. The minimum Gasteiger partial charge on any atom is -0.463 e. The first-order valence-corrected chi connectivity index (χ1v) is 10.3. The quantitative estimate of drug-likeness (QED) is 0.535. The van der Waals surface area contributed by atoms with Gasteiger partial charge in [0.05, 0.1) is 18.2 Å². The van der Waals surface area contributed by atoms with E-state index in [9.17, 15) is 9.59 Å². The number of allylic oxidation sites excluding steroid dienone is 1. The summed E-state index contributed by atoms with van der Waals surface area (Å²) in [7, 11) is 0. The van der Waals surface area contributed by atoms with Crippen LogP contribution in [0.15, 0.2) is 35.5 Å². The van der Waals surface area contributed by atoms with Gasteiger partial charge in [-0.3, -0.25) is 4.79 Å². The molecule has 0 spiro atoms. The summed E-state index contributed by atoms with van der Waals surface area (Å²) in [5.41, 5.74) is 2.73. The second-order valence-corrected chi connectivity index (χ2v) is 8.64. The third-order valence-corrected chi connectivity index (χ3v) is 4.94. The number of hydrogen-bond acceptors (Lipinski definition) is 4. The Morgan fingerprint density at radius 1 is 1.28 bits per heavy atom. The summed E-state index contributed by atoms with van der Waals surface area (Å²) in [6.45, 7) is 12.7. The maximum atomic E-state index is 12.7. The molecule has 1 aromatic rings. The molecule has 29 heavy (non-hydrogen) atoms. The summed E-state index contributed by atoms with van der Waals surface area (Å²) >= 11 is 5.51. The molecule has 0 bridgehead atoms. The van der Waals surface area contributed by atoms with Gasteiger partial charge in [-0.15, -0.1) is 0 Å². The van der Waals surface area contributed by atoms with E-state index in [0.717, 1.165) is 11.3 Å². The van der Waals surface area contributed by atoms with Crippen LogP contribution in [0.1, 0.15) is 59.6 Å². The Morgan fingerprint density at radius 3 is 2.55 bits per heavy atom. The summed E-state index contributed by atoms with van der Waals surface area (Å²) in [4.78, 5) is 26.9. The molecule has 0 aliphatic carbocycles. The lowest BCUT2D eigenvalue weighted by molar-refractivity contribution is -0.139. The zero-order valence-corrected chi connectivity index (χ0v) is 18.9. The lowest BCUT2D eigenvalue weighted by atomic mass is 9.92. The van der Waals surface area contributed by atoms with E-state index in [4.69, 9.17) is 17.0 Å². The highest BCUT2D eigenvalue weighted by atomic mass is 32.1. The molecule has 0 saturated heterocycles. The third-order valence-electron chi connectivity index (χ3n) is 4.60. The zero-order chi connectivity index (χ0) is 21.8. The molecule has 0 radical (unpaired) electrons. The van der Waals surface area contributed by atoms with Crippen LogP contribution in [0.3, 0.4) is 0 Å². The summed E-state index contributed by atoms with van der Waals surface area (Å²) in [6, 6.07) is 7.04. The number of hydrogen-bond donors (Lipinski definition) is 2. The van der Waals surface area contributed by atoms with Crippen LogP contribution in [0.5, 0.6) is 0 Å². The van der Waals surface area contributed by atoms with E-state index >= 15 is 0 Å². The average Bonchev–Trinajstić information content (AvgIpc) is 2.60. The van der Waals surface area contributed by atoms with Crippen LogP contribution >= 0.6 is 12.2 Å². The highest BCUT2D eigenvalue weighted by molar-refractivity contribution is 7.80. The van der Waals surface area contributed by atoms with Crippen LogP contribution in [-0.2, 0) is 14.3 Å². The Morgan fingerprint density at radius 2 is 1.97 bits per heavy atom. The zero-order valence-electron chi connectivity index (χ0n) is 18.1. The number of carbonyl (C=O) groups is 2. The van der Waals surface area contributed by atoms with Crippen molar-refractivity contribution in [3.05, 3.63) is 41.1 Å². The largest absolute Gasteiger partial charge is 0.463 e. The molecule has 1 amide bonds. The molecule has 1 aromatic carbocycles. The second kappa shape index (κ2) is 9.39. The molecule has 1 heterocycles. The van der Waals surface area contributed by atoms with E-state index in [2.05, 4.69) is 10.6 Å². The van der Waals surface area contributed by atoms with Gasteiger partial charge in [0.15, 0.2) is 5.11 Å². The molecule has 158 valence electrons. The van der Waals surface area contributed by atoms with Crippen molar-refractivity contribution < 1.29 is 14.3 Å². The standard InChI is InChI=1S/C22H31N3O3S/c1-7-25-14(3)18(20(27)28-8-2)19(24-21(25)29)15-10-9-11-16(12-15)23-17(26)13-22(4,5)6/h9-12,19H,7-8,13H2,1-6H3,(H,23,26)(H,24,29)/t19-/m1/s1. The Labute approximate surface area is 178 Å². The van der Waals surface area contributed by atoms with E-state index in [1.165, 1.54) is 0 Å². The number of nitrogens with one attached hydrogen (secondary N) is 2. The van der Waals surface area contributed by atoms with Gasteiger partial charge in [0.25, 0.3) is 0 Å². The van der Waals surface area contributed by atoms with E-state index in [1.54, 1.807) is 6.92 Å². The predicted molar refractivity (Wildman–Crippen MR) is 119 cm³/mol. The maximum absolute atomic E-state index is 12.7. The van der Waals surface area contributed by atoms with Crippen molar-refractivity contribution >= 4 is 34.9 Å². The molecular weight excluding hydrogens is 386 g/mol. The molecule has 0 unspecified atom stereocenters. The molecular formula is C22H31N3O3S. The van der Waals surface area contributed by atoms with Gasteiger partial charge in [-0.1, -0.05) is 32.9 Å². The van der Waals surface area contributed by atoms with Crippen LogP contribution in [0.4, 0.5) is 5.69 Å². The summed E-state index contributed by atoms with van der Waals surface area (Å²) in [5.74, 6) is -0.415. The number of rotatable bonds is 6. The van der Waals surface area contributed by atoms with Crippen LogP contribution in [-0.4, -0.2) is 35.0 Å². The lowest BCUT2D eigenvalue weighted by Crippen LogP contribution is -2.47. The van der Waals surface area contributed by atoms with E-state index in [0.29, 0.717) is 35.9 Å². The molecule has 0 fully saturated rings. The number of amides is 1. The number of ether oxygens (including phenoxy) is 1. The van der Waals surface area contributed by atoms with Gasteiger partial charge in [-0.25, -0.2) is 4.79 Å². The van der Waals surface area contributed by atoms with Crippen LogP contribution < -0.4 is 10.6 Å². The maximum Gasteiger partial charge on any atom is 0.338 e. The number of benzene rings is 1. The van der Waals surface area contributed by atoms with Gasteiger partial charge >= 0.3 is 5.97 Å². The van der Waals surface area contributed by atoms with Gasteiger partial charge in [-0.2, -0.15) is 0 Å². The number of esters is 1. The fourth-order valence-electron chi connectivity index (χ4n) is 3.37. The van der Waals surface area contributed by atoms with E-state index in [-0.39, 0.29) is 17.3 Å². The Hall–Kier alpha value is -2.41. The normalized spacial score (nSPS) is 17.1. The van der Waals surface area contributed by atoms with Crippen LogP contribution in [0.25, 0.3) is 0 Å². The minimum absolute atomic E-state index is 0.0451. The van der Waals surface area contributed by atoms with Gasteiger partial charge in [0.1, 0.15) is 0 Å². The minimum atomic E-state index is -0.441. The monoisotopic (exact) mass is 417 g/mol. The number of thiocarbonyl (C=S) groups is 1.